The van der Waals surface area contributed by atoms with E-state index in [0.717, 1.165) is 22.7 Å². The van der Waals surface area contributed by atoms with E-state index in [1.807, 2.05) is 30.3 Å². The molecule has 0 bridgehead atoms. The molecule has 1 amide bonds. The van der Waals surface area contributed by atoms with Crippen LogP contribution in [0.3, 0.4) is 0 Å². The number of rotatable bonds is 5. The molecule has 41 heavy (non-hydrogen) atoms. The molecule has 13 heteroatoms. The molecule has 2 aromatic carbocycles. The number of carbonyl (C=O) groups excluding carboxylic acids is 1. The number of amides is 1. The summed E-state index contributed by atoms with van der Waals surface area (Å²) in [4.78, 5) is 23.4. The number of alkyl halides is 3. The van der Waals surface area contributed by atoms with Gasteiger partial charge in [0.2, 0.25) is 5.91 Å². The smallest absolute Gasteiger partial charge is 0.281 e. The van der Waals surface area contributed by atoms with E-state index in [2.05, 4.69) is 44.2 Å². The maximum absolute atomic E-state index is 12.9. The summed E-state index contributed by atoms with van der Waals surface area (Å²) in [5.41, 5.74) is 3.25. The molecule has 0 unspecified atom stereocenters. The molecular formula is C28H21F3N8OS. The maximum atomic E-state index is 12.9. The Hall–Kier alpha value is -4.65. The molecule has 0 radical (unpaired) electrons. The molecule has 1 fully saturated rings. The van der Waals surface area contributed by atoms with E-state index in [4.69, 9.17) is 0 Å². The molecule has 1 aliphatic heterocycles. The van der Waals surface area contributed by atoms with Crippen molar-refractivity contribution in [2.45, 2.75) is 25.9 Å². The monoisotopic (exact) mass is 574 g/mol. The van der Waals surface area contributed by atoms with Gasteiger partial charge in [0.05, 0.1) is 39.9 Å². The van der Waals surface area contributed by atoms with E-state index < -0.39 is 11.9 Å². The molecule has 6 rings (SSSR count). The van der Waals surface area contributed by atoms with E-state index in [1.165, 1.54) is 30.4 Å². The quantitative estimate of drug-likeness (QED) is 0.189. The topological polar surface area (TPSA) is 102 Å². The van der Waals surface area contributed by atoms with Crippen LogP contribution in [0.5, 0.6) is 0 Å². The molecule has 206 valence electrons. The summed E-state index contributed by atoms with van der Waals surface area (Å²) < 4.78 is 40.1. The Morgan fingerprint density at radius 3 is 2.61 bits per heavy atom. The van der Waals surface area contributed by atoms with Crippen molar-refractivity contribution in [1.29, 1.82) is 0 Å². The molecule has 9 nitrogen and oxygen atoms in total. The minimum absolute atomic E-state index is 0.0494. The van der Waals surface area contributed by atoms with Gasteiger partial charge in [-0.05, 0) is 53.9 Å². The van der Waals surface area contributed by atoms with Crippen LogP contribution in [0.15, 0.2) is 77.2 Å². The van der Waals surface area contributed by atoms with E-state index in [9.17, 15) is 18.0 Å². The van der Waals surface area contributed by atoms with Gasteiger partial charge in [-0.3, -0.25) is 14.3 Å². The van der Waals surface area contributed by atoms with Crippen molar-refractivity contribution in [1.82, 2.24) is 24.7 Å². The first-order chi connectivity index (χ1) is 19.7. The number of imidazole rings is 1. The summed E-state index contributed by atoms with van der Waals surface area (Å²) in [6.07, 6.45) is -1.57. The van der Waals surface area contributed by atoms with Gasteiger partial charge in [0.1, 0.15) is 6.33 Å². The first kappa shape index (κ1) is 26.6. The Morgan fingerprint density at radius 1 is 1.02 bits per heavy atom. The first-order valence-corrected chi connectivity index (χ1v) is 13.5. The molecule has 0 atom stereocenters. The molecule has 4 heterocycles. The van der Waals surface area contributed by atoms with Crippen LogP contribution < -0.4 is 4.90 Å². The summed E-state index contributed by atoms with van der Waals surface area (Å²) in [5, 5.41) is 16.8. The summed E-state index contributed by atoms with van der Waals surface area (Å²) in [5.74, 6) is 0.683. The number of hydrogen-bond donors (Lipinski definition) is 0. The van der Waals surface area contributed by atoms with Crippen molar-refractivity contribution in [3.05, 3.63) is 83.9 Å². The van der Waals surface area contributed by atoms with Gasteiger partial charge in [-0.1, -0.05) is 43.8 Å². The average molecular weight is 575 g/mol. The molecule has 0 spiro atoms. The number of fused-ring (bicyclic) bond motifs is 3. The fourth-order valence-corrected chi connectivity index (χ4v) is 5.37. The Morgan fingerprint density at radius 2 is 1.85 bits per heavy atom. The van der Waals surface area contributed by atoms with Crippen LogP contribution >= 0.6 is 11.8 Å². The second-order valence-corrected chi connectivity index (χ2v) is 10.4. The number of hydrogen-bond acceptors (Lipinski definition) is 8. The molecule has 0 N–H and O–H groups in total. The van der Waals surface area contributed by atoms with Gasteiger partial charge in [-0.15, -0.1) is 15.3 Å². The lowest BCUT2D eigenvalue weighted by molar-refractivity contribution is -0.141. The third-order valence-electron chi connectivity index (χ3n) is 6.49. The Balaban J connectivity index is 1.27. The highest BCUT2D eigenvalue weighted by molar-refractivity contribution is 8.15. The number of pyridine rings is 1. The van der Waals surface area contributed by atoms with Gasteiger partial charge in [-0.2, -0.15) is 18.3 Å². The number of nitrogens with zero attached hydrogens (tertiary/aromatic N) is 8. The predicted octanol–water partition coefficient (Wildman–Crippen LogP) is 5.98. The molecule has 1 saturated heterocycles. The van der Waals surface area contributed by atoms with E-state index in [1.54, 1.807) is 27.7 Å². The van der Waals surface area contributed by atoms with Gasteiger partial charge < -0.3 is 0 Å². The Labute approximate surface area is 235 Å². The number of halogens is 3. The highest BCUT2D eigenvalue weighted by Gasteiger charge is 2.33. The number of carbonyl (C=O) groups is 1. The largest absolute Gasteiger partial charge is 0.435 e. The molecule has 0 aliphatic carbocycles. The summed E-state index contributed by atoms with van der Waals surface area (Å²) in [6.45, 7) is 4.15. The molecule has 5 aromatic rings. The zero-order valence-corrected chi connectivity index (χ0v) is 22.6. The number of thioether (sulfide) groups is 1. The first-order valence-electron chi connectivity index (χ1n) is 12.5. The van der Waals surface area contributed by atoms with E-state index in [-0.39, 0.29) is 23.4 Å². The Kier molecular flexibility index (Phi) is 6.73. The molecule has 3 aromatic heterocycles. The fraction of sp³-hybridized carbons (Fsp3) is 0.179. The molecule has 1 aliphatic rings. The third-order valence-corrected chi connectivity index (χ3v) is 7.40. The third kappa shape index (κ3) is 5.04. The highest BCUT2D eigenvalue weighted by Crippen LogP contribution is 2.33. The summed E-state index contributed by atoms with van der Waals surface area (Å²) in [6, 6.07) is 17.1. The zero-order chi connectivity index (χ0) is 28.7. The lowest BCUT2D eigenvalue weighted by Crippen LogP contribution is -2.30. The number of para-hydroxylation sites is 1. The zero-order valence-electron chi connectivity index (χ0n) is 21.7. The lowest BCUT2D eigenvalue weighted by Gasteiger charge is -2.20. The van der Waals surface area contributed by atoms with Crippen LogP contribution in [0.25, 0.3) is 27.8 Å². The van der Waals surface area contributed by atoms with Crippen molar-refractivity contribution in [2.75, 3.05) is 10.7 Å². The van der Waals surface area contributed by atoms with Crippen molar-refractivity contribution in [3.8, 4) is 5.82 Å². The predicted molar refractivity (Wildman–Crippen MR) is 152 cm³/mol. The SMILES string of the molecule is CC(C)c1ccccc1N1C(=O)CSC1=N/N=C/c1ccc2c(ccc3c2ncn3-c2ccc(C(F)(F)F)nn2)n1. The fourth-order valence-electron chi connectivity index (χ4n) is 4.55. The van der Waals surface area contributed by atoms with Crippen LogP contribution in [0.2, 0.25) is 0 Å². The van der Waals surface area contributed by atoms with Crippen LogP contribution in [-0.4, -0.2) is 47.8 Å². The van der Waals surface area contributed by atoms with Crippen molar-refractivity contribution < 1.29 is 18.0 Å². The van der Waals surface area contributed by atoms with Crippen LogP contribution in [-0.2, 0) is 11.0 Å². The van der Waals surface area contributed by atoms with Gasteiger partial charge in [-0.25, -0.2) is 9.97 Å². The normalized spacial score (nSPS) is 15.4. The second-order valence-electron chi connectivity index (χ2n) is 9.48. The number of amidine groups is 1. The molecule has 0 saturated carbocycles. The standard InChI is InChI=1S/C28H21F3N8OS/c1-16(2)18-5-3-4-6-21(18)39-25(40)14-41-27(39)37-33-13-17-7-8-19-20(34-17)9-10-22-26(19)32-15-38(22)24-12-11-23(35-36-24)28(29,30)31/h3-13,15-16H,14H2,1-2H3/b33-13+,37-27?. The van der Waals surface area contributed by atoms with Crippen LogP contribution in [0.4, 0.5) is 18.9 Å². The van der Waals surface area contributed by atoms with E-state index in [0.29, 0.717) is 27.4 Å². The number of benzene rings is 2. The van der Waals surface area contributed by atoms with Crippen molar-refractivity contribution in [2.24, 2.45) is 10.2 Å². The van der Waals surface area contributed by atoms with Gasteiger partial charge in [0.25, 0.3) is 0 Å². The molecular weight excluding hydrogens is 553 g/mol. The van der Waals surface area contributed by atoms with Crippen LogP contribution in [0.1, 0.15) is 36.7 Å². The van der Waals surface area contributed by atoms with Crippen molar-refractivity contribution in [3.63, 3.8) is 0 Å². The van der Waals surface area contributed by atoms with Gasteiger partial charge >= 0.3 is 6.18 Å². The van der Waals surface area contributed by atoms with Gasteiger partial charge in [0, 0.05) is 5.39 Å². The minimum atomic E-state index is -4.57. The highest BCUT2D eigenvalue weighted by atomic mass is 32.2. The van der Waals surface area contributed by atoms with E-state index >= 15 is 0 Å². The van der Waals surface area contributed by atoms with Crippen molar-refractivity contribution >= 4 is 56.7 Å². The number of anilines is 1. The van der Waals surface area contributed by atoms with Crippen LogP contribution in [0, 0.1) is 0 Å². The number of aromatic nitrogens is 5. The minimum Gasteiger partial charge on any atom is -0.281 e. The second kappa shape index (κ2) is 10.4. The Bertz CT molecular complexity index is 1850. The summed E-state index contributed by atoms with van der Waals surface area (Å²) in [7, 11) is 0. The van der Waals surface area contributed by atoms with Gasteiger partial charge in [0.15, 0.2) is 16.7 Å². The summed E-state index contributed by atoms with van der Waals surface area (Å²) >= 11 is 1.33. The maximum Gasteiger partial charge on any atom is 0.435 e. The average Bonchev–Trinajstić information content (AvgIpc) is 3.56. The lowest BCUT2D eigenvalue weighted by atomic mass is 10.0.